The number of aliphatic hydroxyl groups is 1. The molecule has 1 aliphatic heterocycles. The van der Waals surface area contributed by atoms with Crippen molar-refractivity contribution in [3.8, 4) is 0 Å². The minimum Gasteiger partial charge on any atom is -0.396 e. The third-order valence-electron chi connectivity index (χ3n) is 3.55. The summed E-state index contributed by atoms with van der Waals surface area (Å²) in [6, 6.07) is 0.342. The standard InChI is InChI=1S/C13H23N5O2/c19-9-3-1-2-6-15-13(20)12-10-18(17-16-12)11-4-7-14-8-5-11/h10-11,14,19H,1-9H2,(H,15,20). The van der Waals surface area contributed by atoms with Crippen LogP contribution >= 0.6 is 0 Å². The van der Waals surface area contributed by atoms with Gasteiger partial charge >= 0.3 is 0 Å². The molecule has 0 spiro atoms. The molecule has 0 saturated carbocycles. The number of rotatable bonds is 7. The quantitative estimate of drug-likeness (QED) is 0.616. The van der Waals surface area contributed by atoms with E-state index >= 15 is 0 Å². The van der Waals surface area contributed by atoms with Crippen molar-refractivity contribution in [3.63, 3.8) is 0 Å². The van der Waals surface area contributed by atoms with Gasteiger partial charge in [0.1, 0.15) is 0 Å². The van der Waals surface area contributed by atoms with Gasteiger partial charge in [0.2, 0.25) is 0 Å². The fourth-order valence-electron chi connectivity index (χ4n) is 2.34. The topological polar surface area (TPSA) is 92.1 Å². The fourth-order valence-corrected chi connectivity index (χ4v) is 2.34. The molecule has 1 fully saturated rings. The maximum absolute atomic E-state index is 11.9. The Morgan fingerprint density at radius 1 is 1.40 bits per heavy atom. The number of aromatic nitrogens is 3. The molecule has 112 valence electrons. The van der Waals surface area contributed by atoms with Crippen molar-refractivity contribution in [3.05, 3.63) is 11.9 Å². The Bertz CT molecular complexity index is 415. The van der Waals surface area contributed by atoms with Gasteiger partial charge in [-0.25, -0.2) is 4.68 Å². The lowest BCUT2D eigenvalue weighted by atomic mass is 10.1. The first-order valence-corrected chi connectivity index (χ1v) is 7.33. The number of hydrogen-bond acceptors (Lipinski definition) is 5. The average Bonchev–Trinajstić information content (AvgIpc) is 2.98. The number of amides is 1. The Balaban J connectivity index is 1.77. The monoisotopic (exact) mass is 281 g/mol. The molecule has 1 aromatic heterocycles. The SMILES string of the molecule is O=C(NCCCCCO)c1cn(C2CCNCC2)nn1. The minimum absolute atomic E-state index is 0.172. The Kier molecular flexibility index (Phi) is 5.94. The maximum Gasteiger partial charge on any atom is 0.273 e. The van der Waals surface area contributed by atoms with E-state index in [1.54, 1.807) is 6.20 Å². The zero-order valence-electron chi connectivity index (χ0n) is 11.7. The number of aliphatic hydroxyl groups excluding tert-OH is 1. The summed E-state index contributed by atoms with van der Waals surface area (Å²) in [5.41, 5.74) is 0.380. The largest absolute Gasteiger partial charge is 0.396 e. The third kappa shape index (κ3) is 4.28. The van der Waals surface area contributed by atoms with E-state index in [-0.39, 0.29) is 12.5 Å². The summed E-state index contributed by atoms with van der Waals surface area (Å²) in [6.07, 6.45) is 6.34. The van der Waals surface area contributed by atoms with E-state index in [9.17, 15) is 4.79 Å². The van der Waals surface area contributed by atoms with Crippen LogP contribution in [0.1, 0.15) is 48.6 Å². The second-order valence-corrected chi connectivity index (χ2v) is 5.11. The van der Waals surface area contributed by atoms with Gasteiger partial charge in [0, 0.05) is 13.2 Å². The molecule has 7 heteroatoms. The summed E-state index contributed by atoms with van der Waals surface area (Å²) in [7, 11) is 0. The van der Waals surface area contributed by atoms with Crippen molar-refractivity contribution in [1.29, 1.82) is 0 Å². The smallest absolute Gasteiger partial charge is 0.273 e. The number of nitrogens with zero attached hydrogens (tertiary/aromatic N) is 3. The van der Waals surface area contributed by atoms with Crippen molar-refractivity contribution < 1.29 is 9.90 Å². The van der Waals surface area contributed by atoms with Crippen LogP contribution in [0, 0.1) is 0 Å². The molecule has 0 aliphatic carbocycles. The van der Waals surface area contributed by atoms with Crippen molar-refractivity contribution >= 4 is 5.91 Å². The molecule has 1 aliphatic rings. The van der Waals surface area contributed by atoms with E-state index < -0.39 is 0 Å². The second kappa shape index (κ2) is 7.96. The van der Waals surface area contributed by atoms with Gasteiger partial charge in [-0.1, -0.05) is 5.21 Å². The van der Waals surface area contributed by atoms with Gasteiger partial charge in [0.15, 0.2) is 5.69 Å². The summed E-state index contributed by atoms with van der Waals surface area (Å²) in [4.78, 5) is 11.9. The number of carbonyl (C=O) groups excluding carboxylic acids is 1. The van der Waals surface area contributed by atoms with Gasteiger partial charge in [0.25, 0.3) is 5.91 Å². The average molecular weight is 281 g/mol. The summed E-state index contributed by atoms with van der Waals surface area (Å²) in [5, 5.41) is 22.8. The second-order valence-electron chi connectivity index (χ2n) is 5.11. The van der Waals surface area contributed by atoms with Gasteiger partial charge in [-0.3, -0.25) is 4.79 Å². The highest BCUT2D eigenvalue weighted by molar-refractivity contribution is 5.91. The Morgan fingerprint density at radius 2 is 2.20 bits per heavy atom. The molecular formula is C13H23N5O2. The lowest BCUT2D eigenvalue weighted by Gasteiger charge is -2.22. The normalized spacial score (nSPS) is 16.2. The van der Waals surface area contributed by atoms with E-state index in [4.69, 9.17) is 5.11 Å². The number of piperidine rings is 1. The van der Waals surface area contributed by atoms with E-state index in [1.807, 2.05) is 4.68 Å². The predicted octanol–water partition coefficient (Wildman–Crippen LogP) is 0.0950. The molecule has 0 radical (unpaired) electrons. The summed E-state index contributed by atoms with van der Waals surface area (Å²) in [5.74, 6) is -0.172. The van der Waals surface area contributed by atoms with E-state index in [0.717, 1.165) is 45.2 Å². The molecule has 3 N–H and O–H groups in total. The molecule has 0 atom stereocenters. The predicted molar refractivity (Wildman–Crippen MR) is 74.4 cm³/mol. The summed E-state index contributed by atoms with van der Waals surface area (Å²) >= 11 is 0. The number of unbranched alkanes of at least 4 members (excludes halogenated alkanes) is 2. The maximum atomic E-state index is 11.9. The number of carbonyl (C=O) groups is 1. The van der Waals surface area contributed by atoms with Gasteiger partial charge in [-0.05, 0) is 45.2 Å². The first-order valence-electron chi connectivity index (χ1n) is 7.33. The molecule has 1 saturated heterocycles. The van der Waals surface area contributed by atoms with E-state index in [1.165, 1.54) is 0 Å². The summed E-state index contributed by atoms with van der Waals surface area (Å²) in [6.45, 7) is 2.78. The van der Waals surface area contributed by atoms with Crippen LogP contribution in [0.4, 0.5) is 0 Å². The highest BCUT2D eigenvalue weighted by Gasteiger charge is 2.18. The molecule has 0 unspecified atom stereocenters. The number of hydrogen-bond donors (Lipinski definition) is 3. The van der Waals surface area contributed by atoms with Crippen molar-refractivity contribution in [1.82, 2.24) is 25.6 Å². The lowest BCUT2D eigenvalue weighted by molar-refractivity contribution is 0.0947. The summed E-state index contributed by atoms with van der Waals surface area (Å²) < 4.78 is 1.81. The first kappa shape index (κ1) is 14.9. The molecule has 2 heterocycles. The van der Waals surface area contributed by atoms with Gasteiger partial charge in [-0.15, -0.1) is 5.10 Å². The van der Waals surface area contributed by atoms with E-state index in [2.05, 4.69) is 20.9 Å². The van der Waals surface area contributed by atoms with Crippen LogP contribution < -0.4 is 10.6 Å². The molecule has 2 rings (SSSR count). The lowest BCUT2D eigenvalue weighted by Crippen LogP contribution is -2.29. The molecule has 1 aromatic rings. The van der Waals surface area contributed by atoms with Crippen LogP contribution in [0.25, 0.3) is 0 Å². The minimum atomic E-state index is -0.172. The van der Waals surface area contributed by atoms with Crippen LogP contribution in [-0.2, 0) is 0 Å². The van der Waals surface area contributed by atoms with Crippen LogP contribution in [0.2, 0.25) is 0 Å². The van der Waals surface area contributed by atoms with Crippen LogP contribution in [0.15, 0.2) is 6.20 Å². The van der Waals surface area contributed by atoms with Crippen LogP contribution in [-0.4, -0.2) is 52.2 Å². The fraction of sp³-hybridized carbons (Fsp3) is 0.769. The van der Waals surface area contributed by atoms with Gasteiger partial charge in [-0.2, -0.15) is 0 Å². The highest BCUT2D eigenvalue weighted by atomic mass is 16.2. The Hall–Kier alpha value is -1.47. The Labute approximate surface area is 118 Å². The van der Waals surface area contributed by atoms with Crippen molar-refractivity contribution in [2.45, 2.75) is 38.1 Å². The molecule has 7 nitrogen and oxygen atoms in total. The van der Waals surface area contributed by atoms with E-state index in [0.29, 0.717) is 18.3 Å². The number of nitrogens with one attached hydrogen (secondary N) is 2. The molecule has 0 aromatic carbocycles. The third-order valence-corrected chi connectivity index (χ3v) is 3.55. The van der Waals surface area contributed by atoms with Crippen LogP contribution in [0.3, 0.4) is 0 Å². The first-order chi connectivity index (χ1) is 9.81. The molecule has 0 bridgehead atoms. The Morgan fingerprint density at radius 3 is 2.95 bits per heavy atom. The molecule has 1 amide bonds. The highest BCUT2D eigenvalue weighted by Crippen LogP contribution is 2.16. The molecule has 20 heavy (non-hydrogen) atoms. The van der Waals surface area contributed by atoms with Gasteiger partial charge < -0.3 is 15.7 Å². The van der Waals surface area contributed by atoms with Crippen LogP contribution in [0.5, 0.6) is 0 Å². The van der Waals surface area contributed by atoms with Crippen molar-refractivity contribution in [2.75, 3.05) is 26.2 Å². The zero-order valence-corrected chi connectivity index (χ0v) is 11.7. The van der Waals surface area contributed by atoms with Gasteiger partial charge in [0.05, 0.1) is 12.2 Å². The zero-order chi connectivity index (χ0) is 14.2. The van der Waals surface area contributed by atoms with Crippen molar-refractivity contribution in [2.24, 2.45) is 0 Å². The molecular weight excluding hydrogens is 258 g/mol.